The van der Waals surface area contributed by atoms with E-state index in [2.05, 4.69) is 16.6 Å². The third-order valence-corrected chi connectivity index (χ3v) is 5.42. The second kappa shape index (κ2) is 8.35. The van der Waals surface area contributed by atoms with E-state index in [1.165, 1.54) is 37.5 Å². The van der Waals surface area contributed by atoms with Gasteiger partial charge in [-0.25, -0.2) is 13.1 Å². The fraction of sp³-hybridized carbons (Fsp3) is 0.167. The van der Waals surface area contributed by atoms with Crippen LogP contribution in [0.25, 0.3) is 0 Å². The third kappa shape index (κ3) is 4.63. The van der Waals surface area contributed by atoms with Crippen molar-refractivity contribution in [3.63, 3.8) is 0 Å². The molecule has 0 fully saturated rings. The number of carbonyl (C=O) groups is 1. The van der Waals surface area contributed by atoms with Gasteiger partial charge in [0.25, 0.3) is 5.91 Å². The van der Waals surface area contributed by atoms with Gasteiger partial charge in [0.2, 0.25) is 10.0 Å². The first kappa shape index (κ1) is 20.0. The fourth-order valence-electron chi connectivity index (χ4n) is 2.16. The molecular formula is C18H19ClN2O4S. The molecule has 0 atom stereocenters. The predicted molar refractivity (Wildman–Crippen MR) is 103 cm³/mol. The Bertz CT molecular complexity index is 925. The van der Waals surface area contributed by atoms with E-state index in [9.17, 15) is 13.2 Å². The van der Waals surface area contributed by atoms with E-state index in [0.29, 0.717) is 22.0 Å². The highest BCUT2D eigenvalue weighted by atomic mass is 35.5. The van der Waals surface area contributed by atoms with Crippen LogP contribution in [-0.2, 0) is 10.0 Å². The van der Waals surface area contributed by atoms with Crippen LogP contribution in [0.3, 0.4) is 0 Å². The number of rotatable bonds is 7. The molecule has 2 N–H and O–H groups in total. The SMILES string of the molecule is C=CCNS(=O)(=O)c1ccc(C(=O)Nc2cc(C)c(Cl)cc2OC)cc1. The van der Waals surface area contributed by atoms with Crippen molar-refractivity contribution in [2.75, 3.05) is 19.0 Å². The largest absolute Gasteiger partial charge is 0.495 e. The molecule has 1 amide bonds. The van der Waals surface area contributed by atoms with Gasteiger partial charge in [-0.05, 0) is 42.8 Å². The predicted octanol–water partition coefficient (Wildman–Crippen LogP) is 3.37. The zero-order valence-corrected chi connectivity index (χ0v) is 15.9. The number of ether oxygens (including phenoxy) is 1. The summed E-state index contributed by atoms with van der Waals surface area (Å²) in [7, 11) is -2.15. The molecule has 0 radical (unpaired) electrons. The van der Waals surface area contributed by atoms with Gasteiger partial charge >= 0.3 is 0 Å². The molecule has 2 rings (SSSR count). The molecule has 0 spiro atoms. The van der Waals surface area contributed by atoms with Crippen molar-refractivity contribution in [3.8, 4) is 5.75 Å². The van der Waals surface area contributed by atoms with Gasteiger partial charge in [-0.1, -0.05) is 17.7 Å². The maximum atomic E-state index is 12.4. The number of aryl methyl sites for hydroxylation is 1. The summed E-state index contributed by atoms with van der Waals surface area (Å²) in [6.45, 7) is 5.40. The summed E-state index contributed by atoms with van der Waals surface area (Å²) in [6, 6.07) is 8.93. The number of halogens is 1. The Morgan fingerprint density at radius 3 is 2.50 bits per heavy atom. The summed E-state index contributed by atoms with van der Waals surface area (Å²) in [4.78, 5) is 12.5. The first-order valence-electron chi connectivity index (χ1n) is 7.64. The molecule has 0 aliphatic carbocycles. The number of amides is 1. The Kier molecular flexibility index (Phi) is 6.42. The Balaban J connectivity index is 2.21. The van der Waals surface area contributed by atoms with Crippen LogP contribution in [0, 0.1) is 6.92 Å². The molecule has 0 heterocycles. The van der Waals surface area contributed by atoms with Crippen LogP contribution in [0.2, 0.25) is 5.02 Å². The lowest BCUT2D eigenvalue weighted by molar-refractivity contribution is 0.102. The van der Waals surface area contributed by atoms with Crippen LogP contribution >= 0.6 is 11.6 Å². The fourth-order valence-corrected chi connectivity index (χ4v) is 3.31. The molecule has 6 nitrogen and oxygen atoms in total. The number of sulfonamides is 1. The number of anilines is 1. The third-order valence-electron chi connectivity index (χ3n) is 3.57. The average molecular weight is 395 g/mol. The molecule has 2 aromatic rings. The van der Waals surface area contributed by atoms with E-state index in [1.807, 2.05) is 6.92 Å². The van der Waals surface area contributed by atoms with Crippen LogP contribution in [0.15, 0.2) is 53.9 Å². The summed E-state index contributed by atoms with van der Waals surface area (Å²) in [6.07, 6.45) is 1.45. The summed E-state index contributed by atoms with van der Waals surface area (Å²) in [5, 5.41) is 3.27. The highest BCUT2D eigenvalue weighted by Crippen LogP contribution is 2.31. The average Bonchev–Trinajstić information content (AvgIpc) is 2.63. The second-order valence-electron chi connectivity index (χ2n) is 5.42. The lowest BCUT2D eigenvalue weighted by Gasteiger charge is -2.12. The minimum absolute atomic E-state index is 0.0656. The van der Waals surface area contributed by atoms with Crippen LogP contribution < -0.4 is 14.8 Å². The van der Waals surface area contributed by atoms with Crippen molar-refractivity contribution in [2.45, 2.75) is 11.8 Å². The van der Waals surface area contributed by atoms with E-state index in [4.69, 9.17) is 16.3 Å². The normalized spacial score (nSPS) is 11.0. The van der Waals surface area contributed by atoms with E-state index >= 15 is 0 Å². The number of benzene rings is 2. The van der Waals surface area contributed by atoms with Gasteiger partial charge < -0.3 is 10.1 Å². The summed E-state index contributed by atoms with van der Waals surface area (Å²) >= 11 is 6.05. The van der Waals surface area contributed by atoms with Gasteiger partial charge in [0.1, 0.15) is 5.75 Å². The van der Waals surface area contributed by atoms with E-state index in [-0.39, 0.29) is 11.4 Å². The molecule has 8 heteroatoms. The van der Waals surface area contributed by atoms with Gasteiger partial charge in [-0.15, -0.1) is 6.58 Å². The van der Waals surface area contributed by atoms with Gasteiger partial charge in [0, 0.05) is 23.2 Å². The maximum Gasteiger partial charge on any atom is 0.255 e. The number of nitrogens with one attached hydrogen (secondary N) is 2. The first-order chi connectivity index (χ1) is 12.3. The highest BCUT2D eigenvalue weighted by Gasteiger charge is 2.15. The van der Waals surface area contributed by atoms with Crippen molar-refractivity contribution in [1.82, 2.24) is 4.72 Å². The zero-order valence-electron chi connectivity index (χ0n) is 14.4. The Labute approximate surface area is 157 Å². The van der Waals surface area contributed by atoms with Crippen LogP contribution in [0.4, 0.5) is 5.69 Å². The van der Waals surface area contributed by atoms with E-state index < -0.39 is 15.9 Å². The monoisotopic (exact) mass is 394 g/mol. The molecule has 0 bridgehead atoms. The minimum Gasteiger partial charge on any atom is -0.495 e. The molecule has 0 aliphatic heterocycles. The second-order valence-corrected chi connectivity index (χ2v) is 7.59. The van der Waals surface area contributed by atoms with Crippen molar-refractivity contribution in [3.05, 3.63) is 65.2 Å². The molecule has 0 saturated heterocycles. The number of hydrogen-bond acceptors (Lipinski definition) is 4. The maximum absolute atomic E-state index is 12.4. The molecule has 0 aliphatic rings. The number of carbonyl (C=O) groups excluding carboxylic acids is 1. The number of methoxy groups -OCH3 is 1. The molecular weight excluding hydrogens is 376 g/mol. The van der Waals surface area contributed by atoms with Crippen LogP contribution in [-0.4, -0.2) is 28.0 Å². The molecule has 26 heavy (non-hydrogen) atoms. The van der Waals surface area contributed by atoms with Gasteiger partial charge in [0.15, 0.2) is 0 Å². The van der Waals surface area contributed by atoms with E-state index in [0.717, 1.165) is 5.56 Å². The van der Waals surface area contributed by atoms with Crippen molar-refractivity contribution >= 4 is 33.2 Å². The van der Waals surface area contributed by atoms with Crippen molar-refractivity contribution in [2.24, 2.45) is 0 Å². The highest BCUT2D eigenvalue weighted by molar-refractivity contribution is 7.89. The van der Waals surface area contributed by atoms with Crippen LogP contribution in [0.5, 0.6) is 5.75 Å². The van der Waals surface area contributed by atoms with Crippen molar-refractivity contribution < 1.29 is 17.9 Å². The summed E-state index contributed by atoms with van der Waals surface area (Å²) < 4.78 is 31.6. The molecule has 0 aromatic heterocycles. The van der Waals surface area contributed by atoms with Gasteiger partial charge in [-0.3, -0.25) is 4.79 Å². The van der Waals surface area contributed by atoms with Gasteiger partial charge in [0.05, 0.1) is 17.7 Å². The smallest absolute Gasteiger partial charge is 0.255 e. The Morgan fingerprint density at radius 1 is 1.27 bits per heavy atom. The summed E-state index contributed by atoms with van der Waals surface area (Å²) in [5.41, 5.74) is 1.57. The molecule has 2 aromatic carbocycles. The lowest BCUT2D eigenvalue weighted by Crippen LogP contribution is -2.23. The molecule has 138 valence electrons. The number of hydrogen-bond donors (Lipinski definition) is 2. The minimum atomic E-state index is -3.63. The Morgan fingerprint density at radius 2 is 1.92 bits per heavy atom. The molecule has 0 saturated carbocycles. The Hall–Kier alpha value is -2.35. The lowest BCUT2D eigenvalue weighted by atomic mass is 10.1. The van der Waals surface area contributed by atoms with E-state index in [1.54, 1.807) is 12.1 Å². The zero-order chi connectivity index (χ0) is 19.3. The van der Waals surface area contributed by atoms with Crippen LogP contribution in [0.1, 0.15) is 15.9 Å². The molecule has 0 unspecified atom stereocenters. The summed E-state index contributed by atoms with van der Waals surface area (Å²) in [5.74, 6) is 0.0368. The first-order valence-corrected chi connectivity index (χ1v) is 9.50. The van der Waals surface area contributed by atoms with Crippen molar-refractivity contribution in [1.29, 1.82) is 0 Å². The topological polar surface area (TPSA) is 84.5 Å². The quantitative estimate of drug-likeness (QED) is 0.705. The standard InChI is InChI=1S/C18H19ClN2O4S/c1-4-9-20-26(23,24)14-7-5-13(6-8-14)18(22)21-16-10-12(2)15(19)11-17(16)25-3/h4-8,10-11,20H,1,9H2,2-3H3,(H,21,22). The van der Waals surface area contributed by atoms with Gasteiger partial charge in [-0.2, -0.15) is 0 Å².